The maximum Gasteiger partial charge on any atom is 0.223 e. The van der Waals surface area contributed by atoms with E-state index in [1.165, 1.54) is 5.56 Å². The zero-order valence-corrected chi connectivity index (χ0v) is 15.1. The van der Waals surface area contributed by atoms with Crippen LogP contribution in [0.25, 0.3) is 11.0 Å². The lowest BCUT2D eigenvalue weighted by Crippen LogP contribution is -2.29. The number of pyridine rings is 1. The molecule has 0 aliphatic carbocycles. The Morgan fingerprint density at radius 3 is 2.81 bits per heavy atom. The molecule has 134 valence electrons. The largest absolute Gasteiger partial charge is 0.338 e. The third-order valence-corrected chi connectivity index (χ3v) is 5.27. The monoisotopic (exact) mass is 349 g/mol. The molecular formula is C20H23N5O. The SMILES string of the molecule is CN1C(=O)C[C@@H](CNCc2ccc3c(c2)ncn3C)[C@@H]1c1ccncc1. The van der Waals surface area contributed by atoms with Gasteiger partial charge in [-0.2, -0.15) is 0 Å². The third kappa shape index (κ3) is 3.08. The van der Waals surface area contributed by atoms with Crippen LogP contribution in [-0.4, -0.2) is 38.9 Å². The first-order chi connectivity index (χ1) is 12.6. The first kappa shape index (κ1) is 16.7. The topological polar surface area (TPSA) is 63.1 Å². The first-order valence-electron chi connectivity index (χ1n) is 8.90. The summed E-state index contributed by atoms with van der Waals surface area (Å²) in [7, 11) is 3.89. The molecule has 0 radical (unpaired) electrons. The number of benzene rings is 1. The summed E-state index contributed by atoms with van der Waals surface area (Å²) in [6, 6.07) is 10.5. The van der Waals surface area contributed by atoms with Crippen LogP contribution in [0.1, 0.15) is 23.6 Å². The third-order valence-electron chi connectivity index (χ3n) is 5.27. The maximum absolute atomic E-state index is 12.2. The van der Waals surface area contributed by atoms with Crippen LogP contribution in [-0.2, 0) is 18.4 Å². The minimum Gasteiger partial charge on any atom is -0.338 e. The van der Waals surface area contributed by atoms with Gasteiger partial charge < -0.3 is 14.8 Å². The van der Waals surface area contributed by atoms with E-state index in [9.17, 15) is 4.79 Å². The molecule has 1 amide bonds. The van der Waals surface area contributed by atoms with Crippen molar-refractivity contribution in [2.24, 2.45) is 13.0 Å². The second kappa shape index (κ2) is 6.88. The van der Waals surface area contributed by atoms with Crippen LogP contribution in [0.15, 0.2) is 49.1 Å². The van der Waals surface area contributed by atoms with E-state index in [4.69, 9.17) is 0 Å². The highest BCUT2D eigenvalue weighted by Crippen LogP contribution is 2.36. The summed E-state index contributed by atoms with van der Waals surface area (Å²) in [4.78, 5) is 22.6. The highest BCUT2D eigenvalue weighted by molar-refractivity contribution is 5.79. The minimum atomic E-state index is 0.108. The summed E-state index contributed by atoms with van der Waals surface area (Å²) >= 11 is 0. The van der Waals surface area contributed by atoms with E-state index in [1.54, 1.807) is 12.4 Å². The van der Waals surface area contributed by atoms with Crippen molar-refractivity contribution in [3.63, 3.8) is 0 Å². The molecule has 26 heavy (non-hydrogen) atoms. The van der Waals surface area contributed by atoms with Crippen LogP contribution in [0, 0.1) is 5.92 Å². The van der Waals surface area contributed by atoms with Crippen molar-refractivity contribution in [2.45, 2.75) is 19.0 Å². The average Bonchev–Trinajstić information content (AvgIpc) is 3.16. The van der Waals surface area contributed by atoms with E-state index in [2.05, 4.69) is 33.5 Å². The zero-order valence-electron chi connectivity index (χ0n) is 15.1. The fraction of sp³-hybridized carbons (Fsp3) is 0.350. The van der Waals surface area contributed by atoms with E-state index in [1.807, 2.05) is 42.0 Å². The lowest BCUT2D eigenvalue weighted by Gasteiger charge is -2.25. The van der Waals surface area contributed by atoms with Crippen molar-refractivity contribution in [2.75, 3.05) is 13.6 Å². The molecule has 0 unspecified atom stereocenters. The van der Waals surface area contributed by atoms with Gasteiger partial charge in [0.25, 0.3) is 0 Å². The minimum absolute atomic E-state index is 0.108. The van der Waals surface area contributed by atoms with Crippen molar-refractivity contribution < 1.29 is 4.79 Å². The van der Waals surface area contributed by atoms with Crippen LogP contribution in [0.4, 0.5) is 0 Å². The molecule has 1 aliphatic rings. The molecule has 1 saturated heterocycles. The number of hydrogen-bond donors (Lipinski definition) is 1. The number of fused-ring (bicyclic) bond motifs is 1. The summed E-state index contributed by atoms with van der Waals surface area (Å²) in [5, 5.41) is 3.53. The normalized spacial score (nSPS) is 20.2. The van der Waals surface area contributed by atoms with Gasteiger partial charge in [0.2, 0.25) is 5.91 Å². The number of imidazole rings is 1. The molecule has 1 fully saturated rings. The molecule has 0 saturated carbocycles. The van der Waals surface area contributed by atoms with Gasteiger partial charge >= 0.3 is 0 Å². The lowest BCUT2D eigenvalue weighted by atomic mass is 9.94. The summed E-state index contributed by atoms with van der Waals surface area (Å²) in [5.74, 6) is 0.460. The fourth-order valence-corrected chi connectivity index (χ4v) is 3.89. The Morgan fingerprint density at radius 2 is 2.00 bits per heavy atom. The zero-order chi connectivity index (χ0) is 18.1. The van der Waals surface area contributed by atoms with Gasteiger partial charge in [-0.05, 0) is 35.4 Å². The maximum atomic E-state index is 12.2. The molecule has 3 heterocycles. The van der Waals surface area contributed by atoms with E-state index in [0.29, 0.717) is 6.42 Å². The fourth-order valence-electron chi connectivity index (χ4n) is 3.89. The molecule has 1 aliphatic heterocycles. The Labute approximate surface area is 152 Å². The number of aromatic nitrogens is 3. The Balaban J connectivity index is 1.43. The van der Waals surface area contributed by atoms with E-state index >= 15 is 0 Å². The predicted octanol–water partition coefficient (Wildman–Crippen LogP) is 2.28. The Hall–Kier alpha value is -2.73. The quantitative estimate of drug-likeness (QED) is 0.768. The van der Waals surface area contributed by atoms with E-state index < -0.39 is 0 Å². The Morgan fingerprint density at radius 1 is 1.19 bits per heavy atom. The van der Waals surface area contributed by atoms with E-state index in [0.717, 1.165) is 29.7 Å². The number of carbonyl (C=O) groups excluding carboxylic acids is 1. The molecule has 2 aromatic heterocycles. The Bertz CT molecular complexity index is 920. The summed E-state index contributed by atoms with van der Waals surface area (Å²) in [6.45, 7) is 1.56. The van der Waals surface area contributed by atoms with Crippen LogP contribution in [0.5, 0.6) is 0 Å². The van der Waals surface area contributed by atoms with Gasteiger partial charge in [-0.25, -0.2) is 4.98 Å². The van der Waals surface area contributed by atoms with Crippen molar-refractivity contribution >= 4 is 16.9 Å². The highest BCUT2D eigenvalue weighted by atomic mass is 16.2. The number of carbonyl (C=O) groups is 1. The van der Waals surface area contributed by atoms with Crippen molar-refractivity contribution in [1.82, 2.24) is 24.8 Å². The van der Waals surface area contributed by atoms with Gasteiger partial charge in [-0.15, -0.1) is 0 Å². The van der Waals surface area contributed by atoms with Gasteiger partial charge in [0.05, 0.1) is 23.4 Å². The van der Waals surface area contributed by atoms with Crippen molar-refractivity contribution in [3.05, 3.63) is 60.2 Å². The molecule has 4 rings (SSSR count). The molecule has 1 N–H and O–H groups in total. The number of nitrogens with zero attached hydrogens (tertiary/aromatic N) is 4. The molecular weight excluding hydrogens is 326 g/mol. The summed E-state index contributed by atoms with van der Waals surface area (Å²) < 4.78 is 2.02. The molecule has 0 bridgehead atoms. The van der Waals surface area contributed by atoms with Gasteiger partial charge in [-0.1, -0.05) is 6.07 Å². The molecule has 0 spiro atoms. The standard InChI is InChI=1S/C20H23N5O/c1-24-13-23-17-9-14(3-4-18(17)24)11-22-12-16-10-19(26)25(2)20(16)15-5-7-21-8-6-15/h3-9,13,16,20,22H,10-12H2,1-2H3/t16-,20-/m0/s1. The van der Waals surface area contributed by atoms with Crippen molar-refractivity contribution in [1.29, 1.82) is 0 Å². The smallest absolute Gasteiger partial charge is 0.223 e. The molecule has 1 aromatic carbocycles. The van der Waals surface area contributed by atoms with Crippen LogP contribution in [0.3, 0.4) is 0 Å². The van der Waals surface area contributed by atoms with Crippen LogP contribution >= 0.6 is 0 Å². The number of rotatable bonds is 5. The number of aryl methyl sites for hydroxylation is 1. The van der Waals surface area contributed by atoms with Crippen molar-refractivity contribution in [3.8, 4) is 0 Å². The average molecular weight is 349 g/mol. The molecule has 3 aromatic rings. The second-order valence-electron chi connectivity index (χ2n) is 7.00. The molecule has 6 heteroatoms. The highest BCUT2D eigenvalue weighted by Gasteiger charge is 2.37. The number of likely N-dealkylation sites (tertiary alicyclic amines) is 1. The van der Waals surface area contributed by atoms with E-state index in [-0.39, 0.29) is 17.9 Å². The number of hydrogen-bond acceptors (Lipinski definition) is 4. The number of nitrogens with one attached hydrogen (secondary N) is 1. The van der Waals surface area contributed by atoms with Gasteiger partial charge in [-0.3, -0.25) is 9.78 Å². The summed E-state index contributed by atoms with van der Waals surface area (Å²) in [5.41, 5.74) is 4.50. The predicted molar refractivity (Wildman–Crippen MR) is 100 cm³/mol. The lowest BCUT2D eigenvalue weighted by molar-refractivity contribution is -0.127. The van der Waals surface area contributed by atoms with Gasteiger partial charge in [0.15, 0.2) is 0 Å². The van der Waals surface area contributed by atoms with Crippen LogP contribution < -0.4 is 5.32 Å². The number of amides is 1. The molecule has 6 nitrogen and oxygen atoms in total. The second-order valence-corrected chi connectivity index (χ2v) is 7.00. The summed E-state index contributed by atoms with van der Waals surface area (Å²) in [6.07, 6.45) is 5.99. The van der Waals surface area contributed by atoms with Crippen LogP contribution in [0.2, 0.25) is 0 Å². The molecule has 2 atom stereocenters. The van der Waals surface area contributed by atoms with Gasteiger partial charge in [0, 0.05) is 51.9 Å². The van der Waals surface area contributed by atoms with Gasteiger partial charge in [0.1, 0.15) is 0 Å². The Kier molecular flexibility index (Phi) is 4.42. The first-order valence-corrected chi connectivity index (χ1v) is 8.90.